The second-order valence-corrected chi connectivity index (χ2v) is 8.33. The molecule has 8 nitrogen and oxygen atoms in total. The van der Waals surface area contributed by atoms with Crippen molar-refractivity contribution in [3.8, 4) is 29.2 Å². The number of nitrogens with zero attached hydrogens (tertiary/aromatic N) is 2. The molecule has 0 saturated carbocycles. The second kappa shape index (κ2) is 8.94. The van der Waals surface area contributed by atoms with Crippen LogP contribution in [0.5, 0.6) is 23.1 Å². The fraction of sp³-hybridized carbons (Fsp3) is 0.269. The van der Waals surface area contributed by atoms with Gasteiger partial charge in [-0.3, -0.25) is 14.2 Å². The third-order valence-electron chi connectivity index (χ3n) is 5.81. The van der Waals surface area contributed by atoms with Crippen molar-refractivity contribution in [2.45, 2.75) is 34.2 Å². The van der Waals surface area contributed by atoms with Gasteiger partial charge >= 0.3 is 0 Å². The third-order valence-corrected chi connectivity index (χ3v) is 5.81. The summed E-state index contributed by atoms with van der Waals surface area (Å²) in [4.78, 5) is 26.1. The van der Waals surface area contributed by atoms with Gasteiger partial charge in [0.25, 0.3) is 5.56 Å². The van der Waals surface area contributed by atoms with Gasteiger partial charge in [-0.05, 0) is 62.1 Å². The Balaban J connectivity index is 1.69. The first-order valence-electron chi connectivity index (χ1n) is 10.7. The van der Waals surface area contributed by atoms with Crippen molar-refractivity contribution in [2.75, 3.05) is 13.4 Å². The number of hydrogen-bond acceptors (Lipinski definition) is 7. The number of fused-ring (bicyclic) bond motifs is 1. The highest BCUT2D eigenvalue weighted by atomic mass is 16.7. The average Bonchev–Trinajstić information content (AvgIpc) is 3.24. The second-order valence-electron chi connectivity index (χ2n) is 8.33. The Labute approximate surface area is 196 Å². The van der Waals surface area contributed by atoms with Crippen LogP contribution in [0.25, 0.3) is 0 Å². The van der Waals surface area contributed by atoms with Crippen molar-refractivity contribution in [2.24, 2.45) is 0 Å². The van der Waals surface area contributed by atoms with E-state index in [1.807, 2.05) is 39.0 Å². The minimum Gasteiger partial charge on any atom is -0.494 e. The third kappa shape index (κ3) is 4.08. The molecule has 0 radical (unpaired) electrons. The topological polar surface area (TPSA) is 111 Å². The van der Waals surface area contributed by atoms with Crippen molar-refractivity contribution in [3.05, 3.63) is 79.6 Å². The lowest BCUT2D eigenvalue weighted by molar-refractivity contribution is 0.0915. The van der Waals surface area contributed by atoms with Crippen molar-refractivity contribution < 1.29 is 24.1 Å². The number of rotatable bonds is 6. The molecule has 0 unspecified atom stereocenters. The molecule has 0 spiro atoms. The molecule has 8 heteroatoms. The van der Waals surface area contributed by atoms with Gasteiger partial charge in [-0.25, -0.2) is 0 Å². The number of hydrogen-bond donors (Lipinski definition) is 1. The number of ketones is 1. The van der Waals surface area contributed by atoms with Crippen LogP contribution in [0.15, 0.2) is 35.1 Å². The Morgan fingerprint density at radius 3 is 2.47 bits per heavy atom. The first kappa shape index (κ1) is 22.9. The zero-order chi connectivity index (χ0) is 24.6. The number of aromatic nitrogens is 1. The first-order chi connectivity index (χ1) is 16.2. The minimum atomic E-state index is -0.683. The van der Waals surface area contributed by atoms with Crippen LogP contribution in [0.3, 0.4) is 0 Å². The monoisotopic (exact) mass is 460 g/mol. The van der Waals surface area contributed by atoms with E-state index in [4.69, 9.17) is 14.2 Å². The van der Waals surface area contributed by atoms with Crippen LogP contribution >= 0.6 is 0 Å². The molecule has 0 amide bonds. The maximum Gasteiger partial charge on any atom is 0.271 e. The summed E-state index contributed by atoms with van der Waals surface area (Å²) < 4.78 is 17.5. The van der Waals surface area contributed by atoms with E-state index in [1.54, 1.807) is 18.2 Å². The Kier molecular flexibility index (Phi) is 6.03. The Morgan fingerprint density at radius 2 is 1.79 bits per heavy atom. The van der Waals surface area contributed by atoms with E-state index in [9.17, 15) is 20.0 Å². The molecular formula is C26H24N2O6. The zero-order valence-electron chi connectivity index (χ0n) is 19.4. The fourth-order valence-corrected chi connectivity index (χ4v) is 4.26. The highest BCUT2D eigenvalue weighted by Gasteiger charge is 2.25. The van der Waals surface area contributed by atoms with E-state index in [2.05, 4.69) is 0 Å². The minimum absolute atomic E-state index is 0.0619. The van der Waals surface area contributed by atoms with Gasteiger partial charge in [0.15, 0.2) is 18.1 Å². The van der Waals surface area contributed by atoms with E-state index >= 15 is 0 Å². The molecule has 1 aliphatic heterocycles. The zero-order valence-corrected chi connectivity index (χ0v) is 19.4. The number of carbonyl (C=O) groups excluding carboxylic acids is 1. The molecule has 174 valence electrons. The molecule has 2 aromatic carbocycles. The molecule has 0 atom stereocenters. The van der Waals surface area contributed by atoms with Crippen molar-refractivity contribution >= 4 is 5.78 Å². The summed E-state index contributed by atoms with van der Waals surface area (Å²) in [5.74, 6) is 0.642. The van der Waals surface area contributed by atoms with Gasteiger partial charge in [-0.15, -0.1) is 0 Å². The van der Waals surface area contributed by atoms with Crippen LogP contribution in [0.1, 0.15) is 43.7 Å². The van der Waals surface area contributed by atoms with E-state index in [0.29, 0.717) is 22.8 Å². The van der Waals surface area contributed by atoms with Gasteiger partial charge in [0.05, 0.1) is 12.1 Å². The van der Waals surface area contributed by atoms with Gasteiger partial charge in [-0.1, -0.05) is 23.8 Å². The molecule has 4 rings (SSSR count). The number of benzene rings is 2. The molecule has 0 bridgehead atoms. The molecule has 0 fully saturated rings. The molecule has 0 saturated heterocycles. The Morgan fingerprint density at radius 1 is 1.12 bits per heavy atom. The highest BCUT2D eigenvalue weighted by molar-refractivity contribution is 6.01. The Bertz CT molecular complexity index is 1390. The quantitative estimate of drug-likeness (QED) is 0.559. The lowest BCUT2D eigenvalue weighted by Gasteiger charge is -2.17. The van der Waals surface area contributed by atoms with Crippen molar-refractivity contribution in [1.29, 1.82) is 5.26 Å². The number of aromatic hydroxyl groups is 1. The molecular weight excluding hydrogens is 436 g/mol. The summed E-state index contributed by atoms with van der Waals surface area (Å²) >= 11 is 0. The smallest absolute Gasteiger partial charge is 0.271 e. The molecule has 3 aromatic rings. The van der Waals surface area contributed by atoms with Crippen LogP contribution in [0.4, 0.5) is 0 Å². The highest BCUT2D eigenvalue weighted by Crippen LogP contribution is 2.33. The number of aryl methyl sites for hydroxylation is 3. The lowest BCUT2D eigenvalue weighted by atomic mass is 10.0. The number of pyridine rings is 1. The predicted molar refractivity (Wildman–Crippen MR) is 124 cm³/mol. The van der Waals surface area contributed by atoms with Crippen molar-refractivity contribution in [1.82, 2.24) is 4.57 Å². The molecule has 0 aliphatic carbocycles. The molecule has 1 aromatic heterocycles. The maximum absolute atomic E-state index is 13.1. The average molecular weight is 460 g/mol. The Hall–Kier alpha value is -4.25. The summed E-state index contributed by atoms with van der Waals surface area (Å²) in [6.45, 7) is 6.92. The number of ether oxygens (including phenoxy) is 3. The van der Waals surface area contributed by atoms with Gasteiger partial charge in [-0.2, -0.15) is 5.26 Å². The number of carbonyl (C=O) groups is 1. The van der Waals surface area contributed by atoms with Crippen LogP contribution in [-0.4, -0.2) is 28.9 Å². The standard InChI is InChI=1S/C26H24N2O6/c1-14-7-15(2)24(16(3)8-14)32-12-20(29)23-17(4)19(10-27)25(30)28(26(23)31)11-18-5-6-21-22(9-18)34-13-33-21/h5-9,31H,11-13H2,1-4H3. The van der Waals surface area contributed by atoms with E-state index in [0.717, 1.165) is 21.3 Å². The van der Waals surface area contributed by atoms with Gasteiger partial charge < -0.3 is 19.3 Å². The summed E-state index contributed by atoms with van der Waals surface area (Å²) in [5.41, 5.74) is 2.61. The van der Waals surface area contributed by atoms with Gasteiger partial charge in [0, 0.05) is 0 Å². The molecule has 34 heavy (non-hydrogen) atoms. The lowest BCUT2D eigenvalue weighted by Crippen LogP contribution is -2.28. The normalized spacial score (nSPS) is 11.9. The molecule has 1 N–H and O–H groups in total. The maximum atomic E-state index is 13.1. The summed E-state index contributed by atoms with van der Waals surface area (Å²) in [7, 11) is 0. The first-order valence-corrected chi connectivity index (χ1v) is 10.7. The van der Waals surface area contributed by atoms with Gasteiger partial charge in [0.1, 0.15) is 17.4 Å². The van der Waals surface area contributed by atoms with E-state index < -0.39 is 17.2 Å². The van der Waals surface area contributed by atoms with Crippen LogP contribution in [0.2, 0.25) is 0 Å². The summed E-state index contributed by atoms with van der Waals surface area (Å²) in [6, 6.07) is 10.9. The molecule has 1 aliphatic rings. The number of Topliss-reactive ketones (excluding diaryl/α,β-unsaturated/α-hetero) is 1. The van der Waals surface area contributed by atoms with E-state index in [1.165, 1.54) is 6.92 Å². The van der Waals surface area contributed by atoms with Crippen LogP contribution in [0, 0.1) is 39.0 Å². The summed E-state index contributed by atoms with van der Waals surface area (Å²) in [6.07, 6.45) is 0. The largest absolute Gasteiger partial charge is 0.494 e. The van der Waals surface area contributed by atoms with Crippen molar-refractivity contribution in [3.63, 3.8) is 0 Å². The summed E-state index contributed by atoms with van der Waals surface area (Å²) in [5, 5.41) is 20.6. The fourth-order valence-electron chi connectivity index (χ4n) is 4.26. The van der Waals surface area contributed by atoms with E-state index in [-0.39, 0.29) is 36.6 Å². The number of nitriles is 1. The SMILES string of the molecule is Cc1cc(C)c(OCC(=O)c2c(C)c(C#N)c(=O)n(Cc3ccc4c(c3)OCO4)c2O)c(C)c1. The van der Waals surface area contributed by atoms with Gasteiger partial charge in [0.2, 0.25) is 18.5 Å². The van der Waals surface area contributed by atoms with Crippen LogP contribution < -0.4 is 19.8 Å². The predicted octanol–water partition coefficient (Wildman–Crippen LogP) is 3.70. The van der Waals surface area contributed by atoms with Crippen LogP contribution in [-0.2, 0) is 6.54 Å². The molecule has 2 heterocycles.